The number of nitrogens with one attached hydrogen (secondary N) is 1. The Balaban J connectivity index is 2.31. The summed E-state index contributed by atoms with van der Waals surface area (Å²) in [6, 6.07) is 0. The number of halogens is 3. The topological polar surface area (TPSA) is 72.5 Å². The quantitative estimate of drug-likeness (QED) is 0.783. The maximum Gasteiger partial charge on any atom is 0.395 e. The first-order valence-electron chi connectivity index (χ1n) is 6.67. The molecule has 5 nitrogen and oxygen atoms in total. The van der Waals surface area contributed by atoms with Gasteiger partial charge in [-0.1, -0.05) is 0 Å². The van der Waals surface area contributed by atoms with Gasteiger partial charge in [-0.2, -0.15) is 13.2 Å². The number of amides is 1. The minimum absolute atomic E-state index is 0.231. The van der Waals surface area contributed by atoms with Crippen molar-refractivity contribution in [2.75, 3.05) is 13.7 Å². The molecule has 1 N–H and O–H groups in total. The molecule has 120 valence electrons. The second-order valence-electron chi connectivity index (χ2n) is 5.12. The number of ketones is 1. The van der Waals surface area contributed by atoms with Gasteiger partial charge in [-0.3, -0.25) is 14.4 Å². The fourth-order valence-electron chi connectivity index (χ4n) is 2.37. The number of Topliss-reactive ketones (excluding diaryl/α,β-unsaturated/α-hetero) is 1. The fraction of sp³-hybridized carbons (Fsp3) is 0.769. The van der Waals surface area contributed by atoms with Crippen LogP contribution >= 0.6 is 0 Å². The smallest absolute Gasteiger partial charge is 0.395 e. The average molecular weight is 309 g/mol. The van der Waals surface area contributed by atoms with Crippen molar-refractivity contribution in [2.24, 2.45) is 11.8 Å². The van der Waals surface area contributed by atoms with Crippen molar-refractivity contribution in [2.45, 2.75) is 38.3 Å². The number of rotatable bonds is 5. The van der Waals surface area contributed by atoms with Crippen LogP contribution in [0.3, 0.4) is 0 Å². The molecule has 1 aliphatic carbocycles. The average Bonchev–Trinajstić information content (AvgIpc) is 2.42. The summed E-state index contributed by atoms with van der Waals surface area (Å²) < 4.78 is 40.5. The number of carbonyl (C=O) groups excluding carboxylic acids is 3. The SMILES string of the molecule is COC(=O)C1CCC(C(=O)NCC(=O)CC(F)(F)F)CC1. The Morgan fingerprint density at radius 3 is 2.10 bits per heavy atom. The molecule has 0 spiro atoms. The molecule has 0 bridgehead atoms. The minimum Gasteiger partial charge on any atom is -0.469 e. The van der Waals surface area contributed by atoms with Gasteiger partial charge in [-0.25, -0.2) is 0 Å². The molecule has 0 aromatic carbocycles. The summed E-state index contributed by atoms with van der Waals surface area (Å²) in [5.74, 6) is -2.42. The first-order chi connectivity index (χ1) is 9.73. The van der Waals surface area contributed by atoms with Gasteiger partial charge in [0.05, 0.1) is 19.6 Å². The molecule has 0 aliphatic heterocycles. The van der Waals surface area contributed by atoms with E-state index in [4.69, 9.17) is 0 Å². The third-order valence-corrected chi connectivity index (χ3v) is 3.49. The van der Waals surface area contributed by atoms with E-state index in [1.165, 1.54) is 7.11 Å². The summed E-state index contributed by atoms with van der Waals surface area (Å²) in [5, 5.41) is 2.23. The van der Waals surface area contributed by atoms with E-state index in [9.17, 15) is 27.6 Å². The van der Waals surface area contributed by atoms with Crippen molar-refractivity contribution >= 4 is 17.7 Å². The van der Waals surface area contributed by atoms with Crippen LogP contribution in [0.5, 0.6) is 0 Å². The number of hydrogen-bond acceptors (Lipinski definition) is 4. The lowest BCUT2D eigenvalue weighted by molar-refractivity contribution is -0.152. The molecule has 0 heterocycles. The Kier molecular flexibility index (Phi) is 6.17. The largest absolute Gasteiger partial charge is 0.469 e. The molecule has 0 aromatic heterocycles. The summed E-state index contributed by atoms with van der Waals surface area (Å²) in [6.07, 6.45) is -4.18. The van der Waals surface area contributed by atoms with Gasteiger partial charge in [-0.05, 0) is 25.7 Å². The molecule has 1 rings (SSSR count). The third-order valence-electron chi connectivity index (χ3n) is 3.49. The highest BCUT2D eigenvalue weighted by Crippen LogP contribution is 2.29. The van der Waals surface area contributed by atoms with Crippen molar-refractivity contribution < 1.29 is 32.3 Å². The van der Waals surface area contributed by atoms with E-state index in [1.807, 2.05) is 0 Å². The van der Waals surface area contributed by atoms with E-state index in [0.29, 0.717) is 25.7 Å². The standard InChI is InChI=1S/C13H18F3NO4/c1-21-12(20)9-4-2-8(3-5-9)11(19)17-7-10(18)6-13(14,15)16/h8-9H,2-7H2,1H3,(H,17,19). The van der Waals surface area contributed by atoms with Crippen LogP contribution in [0.2, 0.25) is 0 Å². The molecular formula is C13H18F3NO4. The lowest BCUT2D eigenvalue weighted by Gasteiger charge is -2.26. The molecule has 0 radical (unpaired) electrons. The Morgan fingerprint density at radius 1 is 1.10 bits per heavy atom. The normalized spacial score (nSPS) is 22.5. The summed E-state index contributed by atoms with van der Waals surface area (Å²) in [4.78, 5) is 34.1. The number of methoxy groups -OCH3 is 1. The maximum absolute atomic E-state index is 12.0. The van der Waals surface area contributed by atoms with Crippen LogP contribution in [0.4, 0.5) is 13.2 Å². The van der Waals surface area contributed by atoms with E-state index < -0.39 is 30.8 Å². The third kappa shape index (κ3) is 6.14. The van der Waals surface area contributed by atoms with E-state index in [0.717, 1.165) is 0 Å². The van der Waals surface area contributed by atoms with Crippen LogP contribution < -0.4 is 5.32 Å². The molecular weight excluding hydrogens is 291 g/mol. The van der Waals surface area contributed by atoms with Gasteiger partial charge in [0, 0.05) is 5.92 Å². The highest BCUT2D eigenvalue weighted by atomic mass is 19.4. The van der Waals surface area contributed by atoms with Gasteiger partial charge in [0.2, 0.25) is 5.91 Å². The van der Waals surface area contributed by atoms with Crippen molar-refractivity contribution in [3.63, 3.8) is 0 Å². The van der Waals surface area contributed by atoms with Gasteiger partial charge in [0.1, 0.15) is 6.42 Å². The van der Waals surface area contributed by atoms with Crippen molar-refractivity contribution in [1.29, 1.82) is 0 Å². The molecule has 8 heteroatoms. The minimum atomic E-state index is -4.56. The predicted octanol–water partition coefficient (Wildman–Crippen LogP) is 1.60. The number of carbonyl (C=O) groups is 3. The molecule has 21 heavy (non-hydrogen) atoms. The van der Waals surface area contributed by atoms with Crippen molar-refractivity contribution in [3.8, 4) is 0 Å². The summed E-state index contributed by atoms with van der Waals surface area (Å²) in [6.45, 7) is -0.616. The molecule has 1 aliphatic rings. The Bertz CT molecular complexity index is 401. The highest BCUT2D eigenvalue weighted by Gasteiger charge is 2.32. The van der Waals surface area contributed by atoms with E-state index >= 15 is 0 Å². The second kappa shape index (κ2) is 7.42. The lowest BCUT2D eigenvalue weighted by atomic mass is 9.81. The molecule has 0 unspecified atom stereocenters. The van der Waals surface area contributed by atoms with Gasteiger partial charge < -0.3 is 10.1 Å². The van der Waals surface area contributed by atoms with Gasteiger partial charge in [-0.15, -0.1) is 0 Å². The Labute approximate surface area is 120 Å². The zero-order valence-corrected chi connectivity index (χ0v) is 11.7. The second-order valence-corrected chi connectivity index (χ2v) is 5.12. The zero-order chi connectivity index (χ0) is 16.0. The van der Waals surface area contributed by atoms with Gasteiger partial charge >= 0.3 is 12.1 Å². The number of ether oxygens (including phenoxy) is 1. The summed E-state index contributed by atoms with van der Waals surface area (Å²) in [7, 11) is 1.30. The number of hydrogen-bond donors (Lipinski definition) is 1. The molecule has 0 atom stereocenters. The lowest BCUT2D eigenvalue weighted by Crippen LogP contribution is -2.38. The molecule has 1 amide bonds. The van der Waals surface area contributed by atoms with Crippen LogP contribution in [0, 0.1) is 11.8 Å². The molecule has 1 saturated carbocycles. The maximum atomic E-state index is 12.0. The monoisotopic (exact) mass is 309 g/mol. The first-order valence-corrected chi connectivity index (χ1v) is 6.67. The molecule has 0 aromatic rings. The van der Waals surface area contributed by atoms with Crippen molar-refractivity contribution in [3.05, 3.63) is 0 Å². The highest BCUT2D eigenvalue weighted by molar-refractivity contribution is 5.87. The molecule has 0 saturated heterocycles. The summed E-state index contributed by atoms with van der Waals surface area (Å²) >= 11 is 0. The predicted molar refractivity (Wildman–Crippen MR) is 66.2 cm³/mol. The first kappa shape index (κ1) is 17.5. The van der Waals surface area contributed by atoms with Crippen LogP contribution in [-0.4, -0.2) is 37.5 Å². The van der Waals surface area contributed by atoms with Crippen molar-refractivity contribution in [1.82, 2.24) is 5.32 Å². The van der Waals surface area contributed by atoms with E-state index in [-0.39, 0.29) is 17.8 Å². The number of esters is 1. The summed E-state index contributed by atoms with van der Waals surface area (Å²) in [5.41, 5.74) is 0. The van der Waals surface area contributed by atoms with Gasteiger partial charge in [0.25, 0.3) is 0 Å². The fourth-order valence-corrected chi connectivity index (χ4v) is 2.37. The van der Waals surface area contributed by atoms with Gasteiger partial charge in [0.15, 0.2) is 5.78 Å². The van der Waals surface area contributed by atoms with E-state index in [1.54, 1.807) is 0 Å². The Hall–Kier alpha value is -1.60. The zero-order valence-electron chi connectivity index (χ0n) is 11.7. The van der Waals surface area contributed by atoms with E-state index in [2.05, 4.69) is 10.1 Å². The Morgan fingerprint density at radius 2 is 1.62 bits per heavy atom. The van der Waals surface area contributed by atoms with Crippen LogP contribution in [0.25, 0.3) is 0 Å². The van der Waals surface area contributed by atoms with Crippen LogP contribution in [0.1, 0.15) is 32.1 Å². The molecule has 1 fully saturated rings. The van der Waals surface area contributed by atoms with Crippen LogP contribution in [-0.2, 0) is 19.1 Å². The number of alkyl halides is 3. The van der Waals surface area contributed by atoms with Crippen LogP contribution in [0.15, 0.2) is 0 Å².